The third-order valence-corrected chi connectivity index (χ3v) is 12.6. The molecular formula is C41H38N6O4. The molecule has 4 aromatic carbocycles. The molecule has 4 saturated heterocycles. The normalized spacial score (nSPS) is 32.5. The SMILES string of the molecule is Cc1ccc(C[C@@H]2NC(=O)[C@@H]3C[C@]4([C@]56C[C@H]7C(=O)N[C@@H](Cc8ccccc8)C(=O)N7[C@H]5Nc5ccccc56)c5ccccc5N[C@@H]4N3C2=O)cc1. The zero-order chi connectivity index (χ0) is 34.6. The van der Waals surface area contributed by atoms with Crippen molar-refractivity contribution in [1.29, 1.82) is 0 Å². The van der Waals surface area contributed by atoms with Gasteiger partial charge in [0.15, 0.2) is 0 Å². The fraction of sp³-hybridized carbons (Fsp3) is 0.317. The van der Waals surface area contributed by atoms with Crippen LogP contribution in [0.25, 0.3) is 0 Å². The Balaban J connectivity index is 1.12. The Bertz CT molecular complexity index is 2140. The van der Waals surface area contributed by atoms with Crippen LogP contribution in [0.1, 0.15) is 40.7 Å². The zero-order valence-electron chi connectivity index (χ0n) is 28.1. The van der Waals surface area contributed by atoms with Crippen LogP contribution in [0.15, 0.2) is 103 Å². The highest BCUT2D eigenvalue weighted by atomic mass is 16.2. The summed E-state index contributed by atoms with van der Waals surface area (Å²) in [6.07, 6.45) is 0.266. The van der Waals surface area contributed by atoms with E-state index in [1.54, 1.807) is 9.80 Å². The van der Waals surface area contributed by atoms with E-state index in [9.17, 15) is 19.2 Å². The van der Waals surface area contributed by atoms with E-state index in [0.29, 0.717) is 25.7 Å². The fourth-order valence-corrected chi connectivity index (χ4v) is 10.5. The van der Waals surface area contributed by atoms with Gasteiger partial charge in [-0.2, -0.15) is 0 Å². The van der Waals surface area contributed by atoms with E-state index in [1.807, 2.05) is 97.9 Å². The van der Waals surface area contributed by atoms with Gasteiger partial charge in [0.2, 0.25) is 23.6 Å². The number of benzene rings is 4. The Hall–Kier alpha value is -5.64. The van der Waals surface area contributed by atoms with Crippen molar-refractivity contribution in [1.82, 2.24) is 20.4 Å². The maximum Gasteiger partial charge on any atom is 0.247 e. The van der Waals surface area contributed by atoms with Gasteiger partial charge in [-0.25, -0.2) is 0 Å². The third-order valence-electron chi connectivity index (χ3n) is 12.6. The molecule has 4 aromatic rings. The van der Waals surface area contributed by atoms with Crippen LogP contribution in [0.5, 0.6) is 0 Å². The van der Waals surface area contributed by atoms with Crippen molar-refractivity contribution < 1.29 is 19.2 Å². The van der Waals surface area contributed by atoms with Gasteiger partial charge in [0.25, 0.3) is 0 Å². The molecular weight excluding hydrogens is 640 g/mol. The van der Waals surface area contributed by atoms with Crippen LogP contribution >= 0.6 is 0 Å². The summed E-state index contributed by atoms with van der Waals surface area (Å²) in [4.78, 5) is 61.3. The second-order valence-electron chi connectivity index (χ2n) is 15.1. The van der Waals surface area contributed by atoms with E-state index < -0.39 is 47.3 Å². The molecule has 51 heavy (non-hydrogen) atoms. The summed E-state index contributed by atoms with van der Waals surface area (Å²) in [5.74, 6) is -0.629. The summed E-state index contributed by atoms with van der Waals surface area (Å²) in [5, 5.41) is 13.6. The first-order valence-corrected chi connectivity index (χ1v) is 17.9. The molecule has 6 aliphatic heterocycles. The molecule has 0 aromatic heterocycles. The molecule has 4 amide bonds. The van der Waals surface area contributed by atoms with Gasteiger partial charge >= 0.3 is 0 Å². The van der Waals surface area contributed by atoms with Crippen molar-refractivity contribution >= 4 is 35.0 Å². The molecule has 10 heteroatoms. The maximum atomic E-state index is 14.7. The molecule has 10 nitrogen and oxygen atoms in total. The van der Waals surface area contributed by atoms with Gasteiger partial charge in [-0.05, 0) is 54.2 Å². The summed E-state index contributed by atoms with van der Waals surface area (Å²) in [6.45, 7) is 2.02. The van der Waals surface area contributed by atoms with Crippen molar-refractivity contribution in [2.45, 2.75) is 79.9 Å². The van der Waals surface area contributed by atoms with Gasteiger partial charge < -0.3 is 31.1 Å². The minimum Gasteiger partial charge on any atom is -0.364 e. The molecule has 0 saturated carbocycles. The van der Waals surface area contributed by atoms with Gasteiger partial charge in [-0.3, -0.25) is 19.2 Å². The van der Waals surface area contributed by atoms with Gasteiger partial charge in [0, 0.05) is 24.2 Å². The average Bonchev–Trinajstić information content (AvgIpc) is 3.85. The van der Waals surface area contributed by atoms with E-state index in [1.165, 1.54) is 0 Å². The summed E-state index contributed by atoms with van der Waals surface area (Å²) < 4.78 is 0. The molecule has 6 aliphatic rings. The quantitative estimate of drug-likeness (QED) is 0.257. The molecule has 256 valence electrons. The Kier molecular flexibility index (Phi) is 6.33. The highest BCUT2D eigenvalue weighted by molar-refractivity contribution is 6.01. The summed E-state index contributed by atoms with van der Waals surface area (Å²) in [7, 11) is 0. The molecule has 10 rings (SSSR count). The number of carbonyl (C=O) groups excluding carboxylic acids is 4. The number of aryl methyl sites for hydroxylation is 1. The van der Waals surface area contributed by atoms with Crippen LogP contribution in [0.2, 0.25) is 0 Å². The van der Waals surface area contributed by atoms with Crippen molar-refractivity contribution in [3.63, 3.8) is 0 Å². The van der Waals surface area contributed by atoms with E-state index >= 15 is 0 Å². The van der Waals surface area contributed by atoms with Gasteiger partial charge in [0.05, 0.1) is 10.8 Å². The van der Waals surface area contributed by atoms with E-state index in [0.717, 1.165) is 39.2 Å². The predicted molar refractivity (Wildman–Crippen MR) is 190 cm³/mol. The number of nitrogens with one attached hydrogen (secondary N) is 4. The average molecular weight is 679 g/mol. The second-order valence-corrected chi connectivity index (χ2v) is 15.1. The zero-order valence-corrected chi connectivity index (χ0v) is 28.1. The highest BCUT2D eigenvalue weighted by Gasteiger charge is 2.78. The largest absolute Gasteiger partial charge is 0.364 e. The fourth-order valence-electron chi connectivity index (χ4n) is 10.5. The van der Waals surface area contributed by atoms with Crippen molar-refractivity contribution in [2.24, 2.45) is 0 Å². The smallest absolute Gasteiger partial charge is 0.247 e. The van der Waals surface area contributed by atoms with E-state index in [2.05, 4.69) is 33.4 Å². The van der Waals surface area contributed by atoms with Crippen LogP contribution < -0.4 is 21.3 Å². The lowest BCUT2D eigenvalue weighted by molar-refractivity contribution is -0.149. The van der Waals surface area contributed by atoms with Gasteiger partial charge in [-0.1, -0.05) is 96.6 Å². The maximum absolute atomic E-state index is 14.7. The third kappa shape index (κ3) is 3.98. The molecule has 0 unspecified atom stereocenters. The molecule has 0 aliphatic carbocycles. The Morgan fingerprint density at radius 2 is 0.980 bits per heavy atom. The molecule has 6 heterocycles. The number of carbonyl (C=O) groups is 4. The van der Waals surface area contributed by atoms with Gasteiger partial charge in [-0.15, -0.1) is 0 Å². The van der Waals surface area contributed by atoms with Crippen molar-refractivity contribution in [3.8, 4) is 0 Å². The van der Waals surface area contributed by atoms with Crippen LogP contribution in [0, 0.1) is 6.92 Å². The number of rotatable bonds is 5. The lowest BCUT2D eigenvalue weighted by Crippen LogP contribution is -2.67. The second kappa shape index (κ2) is 10.7. The Labute approximate surface area is 295 Å². The molecule has 4 N–H and O–H groups in total. The van der Waals surface area contributed by atoms with Gasteiger partial charge in [0.1, 0.15) is 36.5 Å². The monoisotopic (exact) mass is 678 g/mol. The number of para-hydroxylation sites is 2. The summed E-state index contributed by atoms with van der Waals surface area (Å²) in [5.41, 5.74) is 5.13. The van der Waals surface area contributed by atoms with Crippen molar-refractivity contribution in [3.05, 3.63) is 131 Å². The topological polar surface area (TPSA) is 123 Å². The minimum atomic E-state index is -0.864. The van der Waals surface area contributed by atoms with Crippen molar-refractivity contribution in [2.75, 3.05) is 10.6 Å². The lowest BCUT2D eigenvalue weighted by atomic mass is 9.54. The first-order chi connectivity index (χ1) is 24.8. The van der Waals surface area contributed by atoms with E-state index in [-0.39, 0.29) is 23.6 Å². The van der Waals surface area contributed by atoms with Crippen LogP contribution in [-0.2, 0) is 42.8 Å². The first kappa shape index (κ1) is 30.2. The van der Waals surface area contributed by atoms with Crippen LogP contribution in [-0.4, -0.2) is 69.9 Å². The number of hydrogen-bond acceptors (Lipinski definition) is 6. The number of nitrogens with zero attached hydrogens (tertiary/aromatic N) is 2. The molecule has 8 atom stereocenters. The van der Waals surface area contributed by atoms with Crippen LogP contribution in [0.3, 0.4) is 0 Å². The molecule has 0 radical (unpaired) electrons. The number of piperazine rings is 2. The van der Waals surface area contributed by atoms with E-state index in [4.69, 9.17) is 0 Å². The van der Waals surface area contributed by atoms with Crippen LogP contribution in [0.4, 0.5) is 11.4 Å². The molecule has 4 fully saturated rings. The molecule has 0 bridgehead atoms. The summed E-state index contributed by atoms with van der Waals surface area (Å²) >= 11 is 0. The first-order valence-electron chi connectivity index (χ1n) is 17.9. The minimum absolute atomic E-state index is 0.132. The number of amides is 4. The predicted octanol–water partition coefficient (Wildman–Crippen LogP) is 3.36. The number of anilines is 2. The number of fused-ring (bicyclic) bond motifs is 11. The Morgan fingerprint density at radius 1 is 0.549 bits per heavy atom. The summed E-state index contributed by atoms with van der Waals surface area (Å²) in [6, 6.07) is 31.1. The number of hydrogen-bond donors (Lipinski definition) is 4. The highest BCUT2D eigenvalue weighted by Crippen LogP contribution is 2.68. The standard InChI is InChI=1S/C41H38N6O4/c1-23-15-17-25(18-16-23)20-31-37(51)47-33(35(49)43-31)22-41(27-12-6-8-14-29(27)45-39(41)47)40-21-32-34(48)42-30(19-24-9-3-2-4-10-24)36(50)46(32)38(40)44-28-13-7-5-11-26(28)40/h2-18,30-33,38-39,44-45H,19-22H2,1H3,(H,42,48)(H,43,49)/t30-,31-,32-,33-,38+,39+,40-,41-/m0/s1. The Morgan fingerprint density at radius 3 is 1.47 bits per heavy atom. The molecule has 0 spiro atoms. The lowest BCUT2D eigenvalue weighted by Gasteiger charge is -2.48.